The van der Waals surface area contributed by atoms with Gasteiger partial charge < -0.3 is 19.7 Å². The lowest BCUT2D eigenvalue weighted by Gasteiger charge is -2.38. The molecule has 4 aromatic rings. The lowest BCUT2D eigenvalue weighted by atomic mass is 9.64. The number of hydrogen-bond acceptors (Lipinski definition) is 4. The zero-order valence-electron chi connectivity index (χ0n) is 30.5. The van der Waals surface area contributed by atoms with Crippen LogP contribution in [0.1, 0.15) is 124 Å². The average Bonchev–Trinajstić information content (AvgIpc) is 3.43. The minimum absolute atomic E-state index is 0.0204. The molecule has 2 N–H and O–H groups in total. The van der Waals surface area contributed by atoms with Crippen molar-refractivity contribution in [1.82, 2.24) is 0 Å². The van der Waals surface area contributed by atoms with Gasteiger partial charge in [-0.25, -0.2) is 0 Å². The van der Waals surface area contributed by atoms with Crippen LogP contribution >= 0.6 is 0 Å². The predicted molar refractivity (Wildman–Crippen MR) is 203 cm³/mol. The first-order valence-corrected chi connectivity index (χ1v) is 19.1. The average molecular weight is 663 g/mol. The van der Waals surface area contributed by atoms with Crippen molar-refractivity contribution in [2.75, 3.05) is 26.4 Å². The van der Waals surface area contributed by atoms with E-state index in [2.05, 4.69) is 100 Å². The molecule has 0 saturated carbocycles. The van der Waals surface area contributed by atoms with E-state index in [0.717, 1.165) is 88.5 Å². The number of aliphatic hydroxyl groups excluding tert-OH is 2. The van der Waals surface area contributed by atoms with Gasteiger partial charge >= 0.3 is 0 Å². The first kappa shape index (κ1) is 36.7. The normalized spacial score (nSPS) is 12.9. The van der Waals surface area contributed by atoms with Gasteiger partial charge in [-0.05, 0) is 107 Å². The Hall–Kier alpha value is -3.60. The Morgan fingerprint density at radius 3 is 1.24 bits per heavy atom. The van der Waals surface area contributed by atoms with Crippen molar-refractivity contribution < 1.29 is 19.7 Å². The molecular formula is C45H58O4. The van der Waals surface area contributed by atoms with Crippen molar-refractivity contribution in [1.29, 1.82) is 0 Å². The molecule has 4 heteroatoms. The van der Waals surface area contributed by atoms with E-state index in [0.29, 0.717) is 0 Å². The molecule has 0 amide bonds. The zero-order chi connectivity index (χ0) is 34.6. The molecule has 0 aliphatic heterocycles. The monoisotopic (exact) mass is 662 g/mol. The number of hydrogen-bond donors (Lipinski definition) is 2. The van der Waals surface area contributed by atoms with Crippen LogP contribution in [0, 0.1) is 0 Å². The molecule has 0 aromatic heterocycles. The van der Waals surface area contributed by atoms with E-state index in [1.807, 2.05) is 0 Å². The SMILES string of the molecule is CCCCc1ccc(C2(c3ccc(CCCC)c(OCCO)c3CCCC)c3ccccc3-c3ccccc32)c(CCCC)c1OCCO. The molecule has 49 heavy (non-hydrogen) atoms. The van der Waals surface area contributed by atoms with Gasteiger partial charge in [-0.3, -0.25) is 0 Å². The minimum atomic E-state index is -0.611. The summed E-state index contributed by atoms with van der Waals surface area (Å²) in [5.41, 5.74) is 12.0. The molecule has 1 aliphatic carbocycles. The zero-order valence-corrected chi connectivity index (χ0v) is 30.5. The van der Waals surface area contributed by atoms with Crippen LogP contribution in [0.5, 0.6) is 11.5 Å². The smallest absolute Gasteiger partial charge is 0.126 e. The molecule has 262 valence electrons. The molecule has 4 nitrogen and oxygen atoms in total. The van der Waals surface area contributed by atoms with E-state index < -0.39 is 5.41 Å². The van der Waals surface area contributed by atoms with Crippen molar-refractivity contribution in [2.24, 2.45) is 0 Å². The summed E-state index contributed by atoms with van der Waals surface area (Å²) in [5.74, 6) is 1.92. The van der Waals surface area contributed by atoms with Gasteiger partial charge in [0.1, 0.15) is 24.7 Å². The second-order valence-electron chi connectivity index (χ2n) is 13.6. The minimum Gasteiger partial charge on any atom is -0.491 e. The summed E-state index contributed by atoms with van der Waals surface area (Å²) >= 11 is 0. The summed E-state index contributed by atoms with van der Waals surface area (Å²) in [6, 6.07) is 27.4. The lowest BCUT2D eigenvalue weighted by molar-refractivity contribution is 0.198. The van der Waals surface area contributed by atoms with E-state index >= 15 is 0 Å². The Kier molecular flexibility index (Phi) is 13.4. The van der Waals surface area contributed by atoms with E-state index in [-0.39, 0.29) is 26.4 Å². The third-order valence-corrected chi connectivity index (χ3v) is 10.3. The molecular weight excluding hydrogens is 604 g/mol. The maximum Gasteiger partial charge on any atom is 0.126 e. The summed E-state index contributed by atoms with van der Waals surface area (Å²) in [5, 5.41) is 20.0. The molecule has 4 aromatic carbocycles. The number of aryl methyl sites for hydroxylation is 2. The lowest BCUT2D eigenvalue weighted by Crippen LogP contribution is -2.32. The second-order valence-corrected chi connectivity index (χ2v) is 13.6. The number of benzene rings is 4. The van der Waals surface area contributed by atoms with Crippen LogP contribution in [-0.2, 0) is 31.1 Å². The van der Waals surface area contributed by atoms with E-state index in [9.17, 15) is 10.2 Å². The van der Waals surface area contributed by atoms with Gasteiger partial charge in [0.2, 0.25) is 0 Å². The molecule has 0 bridgehead atoms. The van der Waals surface area contributed by atoms with Crippen LogP contribution in [-0.4, -0.2) is 36.6 Å². The number of rotatable bonds is 20. The fourth-order valence-corrected chi connectivity index (χ4v) is 8.00. The molecule has 1 aliphatic rings. The summed E-state index contributed by atoms with van der Waals surface area (Å²) in [6.07, 6.45) is 12.3. The molecule has 5 rings (SSSR count). The van der Waals surface area contributed by atoms with Crippen LogP contribution in [0.2, 0.25) is 0 Å². The van der Waals surface area contributed by atoms with E-state index in [1.54, 1.807) is 0 Å². The Morgan fingerprint density at radius 1 is 0.469 bits per heavy atom. The highest BCUT2D eigenvalue weighted by atomic mass is 16.5. The quantitative estimate of drug-likeness (QED) is 0.0871. The topological polar surface area (TPSA) is 58.9 Å². The van der Waals surface area contributed by atoms with Crippen molar-refractivity contribution in [3.8, 4) is 22.6 Å². The molecule has 0 atom stereocenters. The number of aliphatic hydroxyl groups is 2. The summed E-state index contributed by atoms with van der Waals surface area (Å²) in [4.78, 5) is 0. The van der Waals surface area contributed by atoms with Gasteiger partial charge in [0, 0.05) is 0 Å². The van der Waals surface area contributed by atoms with Crippen molar-refractivity contribution in [2.45, 2.75) is 110 Å². The Bertz CT molecular complexity index is 1530. The van der Waals surface area contributed by atoms with Crippen LogP contribution in [0.3, 0.4) is 0 Å². The first-order valence-electron chi connectivity index (χ1n) is 19.1. The van der Waals surface area contributed by atoms with Crippen LogP contribution in [0.4, 0.5) is 0 Å². The number of fused-ring (bicyclic) bond motifs is 3. The van der Waals surface area contributed by atoms with Crippen LogP contribution in [0.15, 0.2) is 72.8 Å². The van der Waals surface area contributed by atoms with Gasteiger partial charge in [0.05, 0.1) is 18.6 Å². The molecule has 0 fully saturated rings. The predicted octanol–water partition coefficient (Wildman–Crippen LogP) is 10.2. The molecule has 0 heterocycles. The Labute approximate surface area is 295 Å². The fourth-order valence-electron chi connectivity index (χ4n) is 8.00. The van der Waals surface area contributed by atoms with Gasteiger partial charge in [0.25, 0.3) is 0 Å². The first-order chi connectivity index (χ1) is 24.1. The third kappa shape index (κ3) is 7.32. The van der Waals surface area contributed by atoms with E-state index in [4.69, 9.17) is 9.47 Å². The molecule has 0 spiro atoms. The standard InChI is InChI=1S/C45H58O4/c1-5-9-17-33-25-27-41(37(19-11-7-3)43(33)48-31-29-46)45(39-23-15-13-21-35(39)36-22-14-16-24-40(36)45)42-28-26-34(18-10-6-2)44(49-32-30-47)38(42)20-12-8-4/h13-16,21-28,46-47H,5-12,17-20,29-32H2,1-4H3. The van der Waals surface area contributed by atoms with Crippen LogP contribution < -0.4 is 9.47 Å². The van der Waals surface area contributed by atoms with Gasteiger partial charge in [-0.1, -0.05) is 126 Å². The van der Waals surface area contributed by atoms with E-state index in [1.165, 1.54) is 55.6 Å². The van der Waals surface area contributed by atoms with Gasteiger partial charge in [0.15, 0.2) is 0 Å². The molecule has 0 saturated heterocycles. The van der Waals surface area contributed by atoms with Gasteiger partial charge in [-0.2, -0.15) is 0 Å². The summed E-state index contributed by atoms with van der Waals surface area (Å²) < 4.78 is 13.2. The molecule has 0 radical (unpaired) electrons. The highest BCUT2D eigenvalue weighted by molar-refractivity contribution is 5.87. The maximum atomic E-state index is 9.98. The third-order valence-electron chi connectivity index (χ3n) is 10.3. The van der Waals surface area contributed by atoms with Gasteiger partial charge in [-0.15, -0.1) is 0 Å². The number of ether oxygens (including phenoxy) is 2. The fraction of sp³-hybridized carbons (Fsp3) is 0.467. The van der Waals surface area contributed by atoms with Crippen molar-refractivity contribution >= 4 is 0 Å². The van der Waals surface area contributed by atoms with Crippen LogP contribution in [0.25, 0.3) is 11.1 Å². The highest BCUT2D eigenvalue weighted by Crippen LogP contribution is 2.59. The maximum absolute atomic E-state index is 9.98. The summed E-state index contributed by atoms with van der Waals surface area (Å²) in [7, 11) is 0. The Balaban J connectivity index is 1.96. The van der Waals surface area contributed by atoms with Crippen molar-refractivity contribution in [3.05, 3.63) is 117 Å². The summed E-state index contributed by atoms with van der Waals surface area (Å²) in [6.45, 7) is 9.49. The molecule has 0 unspecified atom stereocenters. The highest BCUT2D eigenvalue weighted by Gasteiger charge is 2.49. The van der Waals surface area contributed by atoms with Crippen molar-refractivity contribution in [3.63, 3.8) is 0 Å². The number of unbranched alkanes of at least 4 members (excludes halogenated alkanes) is 4. The largest absolute Gasteiger partial charge is 0.491 e. The Morgan fingerprint density at radius 2 is 0.857 bits per heavy atom. The second kappa shape index (κ2) is 17.9.